The monoisotopic (exact) mass is 275 g/mol. The van der Waals surface area contributed by atoms with Crippen LogP contribution in [0.3, 0.4) is 0 Å². The van der Waals surface area contributed by atoms with Crippen molar-refractivity contribution in [3.8, 4) is 0 Å². The van der Waals surface area contributed by atoms with Gasteiger partial charge in [-0.25, -0.2) is 0 Å². The van der Waals surface area contributed by atoms with E-state index in [4.69, 9.17) is 0 Å². The minimum absolute atomic E-state index is 0.00543. The number of rotatable bonds is 2. The van der Waals surface area contributed by atoms with E-state index in [1.807, 2.05) is 0 Å². The summed E-state index contributed by atoms with van der Waals surface area (Å²) < 4.78 is 0. The molecule has 0 atom stereocenters. The standard InChI is InChI=1S/C20H21N/c1-20(2,3)21(17-12-5-4-6-13-17)19-15-9-11-16-10-7-8-14-18(16)19/h4-15H,1-3H3. The molecule has 3 rings (SSSR count). The highest BCUT2D eigenvalue weighted by Gasteiger charge is 2.24. The number of hydrogen-bond acceptors (Lipinski definition) is 1. The Morgan fingerprint density at radius 2 is 1.29 bits per heavy atom. The van der Waals surface area contributed by atoms with Crippen LogP contribution in [0.15, 0.2) is 72.8 Å². The van der Waals surface area contributed by atoms with Gasteiger partial charge in [0.1, 0.15) is 0 Å². The first-order chi connectivity index (χ1) is 10.1. The van der Waals surface area contributed by atoms with Crippen molar-refractivity contribution in [2.75, 3.05) is 4.90 Å². The lowest BCUT2D eigenvalue weighted by Gasteiger charge is -2.38. The Bertz CT molecular complexity index is 733. The van der Waals surface area contributed by atoms with Crippen LogP contribution in [-0.2, 0) is 0 Å². The fraction of sp³-hybridized carbons (Fsp3) is 0.200. The van der Waals surface area contributed by atoms with Gasteiger partial charge in [0.2, 0.25) is 0 Å². The van der Waals surface area contributed by atoms with E-state index in [0.29, 0.717) is 0 Å². The molecule has 0 spiro atoms. The highest BCUT2D eigenvalue weighted by molar-refractivity contribution is 5.96. The molecule has 1 heteroatoms. The number of nitrogens with zero attached hydrogens (tertiary/aromatic N) is 1. The lowest BCUT2D eigenvalue weighted by Crippen LogP contribution is -2.37. The number of fused-ring (bicyclic) bond motifs is 1. The molecule has 0 heterocycles. The molecule has 0 bridgehead atoms. The van der Waals surface area contributed by atoms with Gasteiger partial charge >= 0.3 is 0 Å². The molecule has 0 amide bonds. The van der Waals surface area contributed by atoms with E-state index in [1.54, 1.807) is 0 Å². The van der Waals surface area contributed by atoms with Crippen molar-refractivity contribution in [1.29, 1.82) is 0 Å². The predicted molar refractivity (Wildman–Crippen MR) is 92.3 cm³/mol. The number of benzene rings is 3. The average Bonchev–Trinajstić information content (AvgIpc) is 2.47. The zero-order chi connectivity index (χ0) is 14.9. The first kappa shape index (κ1) is 13.7. The fourth-order valence-corrected chi connectivity index (χ4v) is 2.87. The Balaban J connectivity index is 2.25. The van der Waals surface area contributed by atoms with Crippen LogP contribution in [0.1, 0.15) is 20.8 Å². The molecule has 0 aliphatic heterocycles. The van der Waals surface area contributed by atoms with Gasteiger partial charge in [0.15, 0.2) is 0 Å². The summed E-state index contributed by atoms with van der Waals surface area (Å²) in [5.41, 5.74) is 2.49. The highest BCUT2D eigenvalue weighted by atomic mass is 15.2. The van der Waals surface area contributed by atoms with Gasteiger partial charge < -0.3 is 4.90 Å². The number of hydrogen-bond donors (Lipinski definition) is 0. The largest absolute Gasteiger partial charge is 0.336 e. The predicted octanol–water partition coefficient (Wildman–Crippen LogP) is 5.78. The lowest BCUT2D eigenvalue weighted by atomic mass is 10.00. The minimum Gasteiger partial charge on any atom is -0.336 e. The summed E-state index contributed by atoms with van der Waals surface area (Å²) >= 11 is 0. The molecule has 0 aromatic heterocycles. The Labute approximate surface area is 126 Å². The molecule has 0 N–H and O–H groups in total. The van der Waals surface area contributed by atoms with Crippen LogP contribution in [0.4, 0.5) is 11.4 Å². The van der Waals surface area contributed by atoms with E-state index in [1.165, 1.54) is 22.1 Å². The van der Waals surface area contributed by atoms with Crippen LogP contribution in [0.2, 0.25) is 0 Å². The van der Waals surface area contributed by atoms with Crippen molar-refractivity contribution in [3.63, 3.8) is 0 Å². The van der Waals surface area contributed by atoms with Crippen LogP contribution in [0, 0.1) is 0 Å². The minimum atomic E-state index is 0.00543. The second-order valence-electron chi connectivity index (χ2n) is 6.34. The molecular formula is C20H21N. The first-order valence-corrected chi connectivity index (χ1v) is 7.40. The van der Waals surface area contributed by atoms with Gasteiger partial charge in [-0.3, -0.25) is 0 Å². The van der Waals surface area contributed by atoms with Crippen LogP contribution < -0.4 is 4.90 Å². The third-order valence-corrected chi connectivity index (χ3v) is 3.69. The second kappa shape index (κ2) is 5.25. The summed E-state index contributed by atoms with van der Waals surface area (Å²) in [6.07, 6.45) is 0. The average molecular weight is 275 g/mol. The summed E-state index contributed by atoms with van der Waals surface area (Å²) in [5.74, 6) is 0. The highest BCUT2D eigenvalue weighted by Crippen LogP contribution is 2.37. The van der Waals surface area contributed by atoms with Crippen LogP contribution in [0.5, 0.6) is 0 Å². The van der Waals surface area contributed by atoms with E-state index in [9.17, 15) is 0 Å². The summed E-state index contributed by atoms with van der Waals surface area (Å²) in [5, 5.41) is 2.57. The van der Waals surface area contributed by atoms with E-state index in [-0.39, 0.29) is 5.54 Å². The zero-order valence-electron chi connectivity index (χ0n) is 12.9. The molecule has 1 nitrogen and oxygen atoms in total. The van der Waals surface area contributed by atoms with Gasteiger partial charge in [0.25, 0.3) is 0 Å². The molecule has 0 aliphatic rings. The van der Waals surface area contributed by atoms with Crippen molar-refractivity contribution < 1.29 is 0 Å². The van der Waals surface area contributed by atoms with Gasteiger partial charge in [0, 0.05) is 22.3 Å². The zero-order valence-corrected chi connectivity index (χ0v) is 12.9. The third-order valence-electron chi connectivity index (χ3n) is 3.69. The topological polar surface area (TPSA) is 3.24 Å². The van der Waals surface area contributed by atoms with E-state index in [0.717, 1.165) is 0 Å². The molecule has 0 radical (unpaired) electrons. The first-order valence-electron chi connectivity index (χ1n) is 7.40. The molecule has 0 saturated heterocycles. The third kappa shape index (κ3) is 2.64. The van der Waals surface area contributed by atoms with Gasteiger partial charge in [-0.05, 0) is 44.4 Å². The summed E-state index contributed by atoms with van der Waals surface area (Å²) in [6, 6.07) is 25.7. The SMILES string of the molecule is CC(C)(C)N(c1ccccc1)c1cccc2ccccc12. The second-order valence-corrected chi connectivity index (χ2v) is 6.34. The molecule has 3 aromatic carbocycles. The molecule has 3 aromatic rings. The van der Waals surface area contributed by atoms with Gasteiger partial charge in [0.05, 0.1) is 0 Å². The fourth-order valence-electron chi connectivity index (χ4n) is 2.87. The Morgan fingerprint density at radius 1 is 0.667 bits per heavy atom. The van der Waals surface area contributed by atoms with Crippen molar-refractivity contribution in [2.24, 2.45) is 0 Å². The molecule has 0 unspecified atom stereocenters. The van der Waals surface area contributed by atoms with Crippen LogP contribution in [0.25, 0.3) is 10.8 Å². The summed E-state index contributed by atoms with van der Waals surface area (Å²) in [7, 11) is 0. The molecule has 0 saturated carbocycles. The molecule has 0 aliphatic carbocycles. The quantitative estimate of drug-likeness (QED) is 0.573. The van der Waals surface area contributed by atoms with Gasteiger partial charge in [-0.2, -0.15) is 0 Å². The molecular weight excluding hydrogens is 254 g/mol. The maximum atomic E-state index is 2.41. The normalized spacial score (nSPS) is 11.6. The van der Waals surface area contributed by atoms with Crippen molar-refractivity contribution in [2.45, 2.75) is 26.3 Å². The maximum absolute atomic E-state index is 2.41. The van der Waals surface area contributed by atoms with Crippen molar-refractivity contribution in [1.82, 2.24) is 0 Å². The Morgan fingerprint density at radius 3 is 2.00 bits per heavy atom. The smallest absolute Gasteiger partial charge is 0.0495 e. The van der Waals surface area contributed by atoms with Crippen LogP contribution >= 0.6 is 0 Å². The van der Waals surface area contributed by atoms with Crippen molar-refractivity contribution in [3.05, 3.63) is 72.8 Å². The van der Waals surface area contributed by atoms with Crippen LogP contribution in [-0.4, -0.2) is 5.54 Å². The molecule has 21 heavy (non-hydrogen) atoms. The lowest BCUT2D eigenvalue weighted by molar-refractivity contribution is 0.561. The molecule has 106 valence electrons. The Hall–Kier alpha value is -2.28. The van der Waals surface area contributed by atoms with E-state index in [2.05, 4.69) is 98.5 Å². The van der Waals surface area contributed by atoms with Gasteiger partial charge in [-0.15, -0.1) is 0 Å². The van der Waals surface area contributed by atoms with E-state index >= 15 is 0 Å². The maximum Gasteiger partial charge on any atom is 0.0495 e. The van der Waals surface area contributed by atoms with Gasteiger partial charge in [-0.1, -0.05) is 54.6 Å². The van der Waals surface area contributed by atoms with Crippen molar-refractivity contribution >= 4 is 22.1 Å². The Kier molecular flexibility index (Phi) is 3.42. The summed E-state index contributed by atoms with van der Waals surface area (Å²) in [4.78, 5) is 2.41. The summed E-state index contributed by atoms with van der Waals surface area (Å²) in [6.45, 7) is 6.76. The van der Waals surface area contributed by atoms with E-state index < -0.39 is 0 Å². The number of para-hydroxylation sites is 1. The molecule has 0 fully saturated rings. The number of anilines is 2.